The van der Waals surface area contributed by atoms with Gasteiger partial charge in [0.1, 0.15) is 18.5 Å². The average Bonchev–Trinajstić information content (AvgIpc) is 3.05. The van der Waals surface area contributed by atoms with Crippen molar-refractivity contribution in [3.05, 3.63) is 61.8 Å². The Morgan fingerprint density at radius 1 is 1.25 bits per heavy atom. The summed E-state index contributed by atoms with van der Waals surface area (Å²) in [6.45, 7) is 1.45. The number of hydrogen-bond donors (Lipinski definition) is 0. The second kappa shape index (κ2) is 10.3. The van der Waals surface area contributed by atoms with Crippen LogP contribution in [0.15, 0.2) is 41.3 Å². The lowest BCUT2D eigenvalue weighted by Gasteiger charge is -2.18. The molecule has 0 saturated carbocycles. The average molecular weight is 571 g/mol. The van der Waals surface area contributed by atoms with Crippen LogP contribution in [0.5, 0.6) is 11.5 Å². The van der Waals surface area contributed by atoms with Gasteiger partial charge in [-0.15, -0.1) is 0 Å². The number of methoxy groups -OCH3 is 2. The number of carbonyl (C=O) groups excluding carboxylic acids is 3. The van der Waals surface area contributed by atoms with Crippen molar-refractivity contribution in [2.24, 2.45) is 0 Å². The second-order valence-corrected chi connectivity index (χ2v) is 8.82. The van der Waals surface area contributed by atoms with E-state index in [9.17, 15) is 18.8 Å². The van der Waals surface area contributed by atoms with Crippen LogP contribution in [0.25, 0.3) is 6.08 Å². The van der Waals surface area contributed by atoms with Crippen molar-refractivity contribution in [2.75, 3.05) is 14.2 Å². The molecule has 0 N–H and O–H groups in total. The number of imide groups is 1. The highest BCUT2D eigenvalue weighted by atomic mass is 127. The minimum absolute atomic E-state index is 0.0166. The van der Waals surface area contributed by atoms with Crippen molar-refractivity contribution in [3.63, 3.8) is 0 Å². The zero-order valence-electron chi connectivity index (χ0n) is 17.4. The van der Waals surface area contributed by atoms with Crippen LogP contribution in [0, 0.1) is 9.39 Å². The summed E-state index contributed by atoms with van der Waals surface area (Å²) in [4.78, 5) is 37.8. The molecule has 1 aliphatic heterocycles. The highest BCUT2D eigenvalue weighted by molar-refractivity contribution is 14.1. The summed E-state index contributed by atoms with van der Waals surface area (Å²) in [7, 11) is 2.66. The van der Waals surface area contributed by atoms with Gasteiger partial charge in [-0.25, -0.2) is 9.18 Å². The third-order valence-electron chi connectivity index (χ3n) is 4.63. The van der Waals surface area contributed by atoms with E-state index in [1.165, 1.54) is 27.2 Å². The van der Waals surface area contributed by atoms with E-state index in [-0.39, 0.29) is 17.3 Å². The second-order valence-electron chi connectivity index (χ2n) is 6.67. The smallest absolute Gasteiger partial charge is 0.328 e. The molecule has 3 rings (SSSR count). The number of halogens is 2. The molecule has 0 spiro atoms. The minimum atomic E-state index is -1.03. The van der Waals surface area contributed by atoms with Gasteiger partial charge in [0, 0.05) is 5.56 Å². The molecular formula is C22H19FINO6S. The molecule has 1 atom stereocenters. The van der Waals surface area contributed by atoms with Crippen LogP contribution in [0.1, 0.15) is 18.1 Å². The fourth-order valence-corrected chi connectivity index (χ4v) is 4.66. The van der Waals surface area contributed by atoms with Crippen LogP contribution >= 0.6 is 34.4 Å². The Hall–Kier alpha value is -2.60. The number of benzene rings is 2. The summed E-state index contributed by atoms with van der Waals surface area (Å²) >= 11 is 2.79. The predicted octanol–water partition coefficient (Wildman–Crippen LogP) is 4.62. The number of nitrogens with zero attached hydrogens (tertiary/aromatic N) is 1. The standard InChI is InChI=1S/C22H19FINO6S/c1-12(21(27)30-3)25-20(26)18(32-22(25)28)10-13-8-16(24)19(17(9-13)29-2)31-11-14-6-4-5-7-15(14)23/h4-10,12H,11H2,1-3H3/b18-10+/t12-/m0/s1. The van der Waals surface area contributed by atoms with E-state index in [1.54, 1.807) is 36.4 Å². The number of ether oxygens (including phenoxy) is 3. The van der Waals surface area contributed by atoms with E-state index in [0.717, 1.165) is 16.7 Å². The molecule has 0 aromatic heterocycles. The van der Waals surface area contributed by atoms with Gasteiger partial charge >= 0.3 is 5.97 Å². The van der Waals surface area contributed by atoms with Crippen LogP contribution in [0.2, 0.25) is 0 Å². The number of thioether (sulfide) groups is 1. The highest BCUT2D eigenvalue weighted by Crippen LogP contribution is 2.38. The SMILES string of the molecule is COC(=O)[C@H](C)N1C(=O)S/C(=C/c2cc(I)c(OCc3ccccc3F)c(OC)c2)C1=O. The zero-order chi connectivity index (χ0) is 23.4. The molecule has 0 aliphatic carbocycles. The first-order chi connectivity index (χ1) is 15.3. The molecule has 2 amide bonds. The van der Waals surface area contributed by atoms with E-state index in [4.69, 9.17) is 9.47 Å². The van der Waals surface area contributed by atoms with Crippen molar-refractivity contribution in [3.8, 4) is 11.5 Å². The number of rotatable bonds is 7. The summed E-state index contributed by atoms with van der Waals surface area (Å²) in [5.74, 6) is -0.801. The lowest BCUT2D eigenvalue weighted by molar-refractivity contribution is -0.148. The van der Waals surface area contributed by atoms with Crippen LogP contribution < -0.4 is 9.47 Å². The molecule has 1 saturated heterocycles. The lowest BCUT2D eigenvalue weighted by Crippen LogP contribution is -2.42. The summed E-state index contributed by atoms with van der Waals surface area (Å²) in [6, 6.07) is 8.69. The summed E-state index contributed by atoms with van der Waals surface area (Å²) < 4.78 is 30.4. The first kappa shape index (κ1) is 24.1. The maximum absolute atomic E-state index is 13.9. The first-order valence-electron chi connectivity index (χ1n) is 9.35. The molecular weight excluding hydrogens is 552 g/mol. The van der Waals surface area contributed by atoms with Crippen LogP contribution in [-0.2, 0) is 20.9 Å². The maximum Gasteiger partial charge on any atom is 0.328 e. The molecule has 10 heteroatoms. The molecule has 0 unspecified atom stereocenters. The Kier molecular flexibility index (Phi) is 7.77. The first-order valence-corrected chi connectivity index (χ1v) is 11.2. The van der Waals surface area contributed by atoms with Gasteiger partial charge in [-0.2, -0.15) is 0 Å². The van der Waals surface area contributed by atoms with Gasteiger partial charge in [0.2, 0.25) is 0 Å². The van der Waals surface area contributed by atoms with Crippen molar-refractivity contribution in [2.45, 2.75) is 19.6 Å². The van der Waals surface area contributed by atoms with E-state index in [2.05, 4.69) is 27.3 Å². The van der Waals surface area contributed by atoms with Gasteiger partial charge in [-0.1, -0.05) is 18.2 Å². The Balaban J connectivity index is 1.85. The number of amides is 2. The molecule has 0 bridgehead atoms. The van der Waals surface area contributed by atoms with Gasteiger partial charge in [0.25, 0.3) is 11.1 Å². The van der Waals surface area contributed by atoms with E-state index >= 15 is 0 Å². The summed E-state index contributed by atoms with van der Waals surface area (Å²) in [6.07, 6.45) is 1.54. The van der Waals surface area contributed by atoms with Gasteiger partial charge in [-0.3, -0.25) is 14.5 Å². The molecule has 32 heavy (non-hydrogen) atoms. The Morgan fingerprint density at radius 2 is 1.97 bits per heavy atom. The predicted molar refractivity (Wildman–Crippen MR) is 126 cm³/mol. The normalized spacial score (nSPS) is 15.8. The summed E-state index contributed by atoms with van der Waals surface area (Å²) in [5, 5.41) is -0.550. The topological polar surface area (TPSA) is 82.1 Å². The number of esters is 1. The molecule has 168 valence electrons. The van der Waals surface area contributed by atoms with Gasteiger partial charge in [0.15, 0.2) is 11.5 Å². The molecule has 1 heterocycles. The van der Waals surface area contributed by atoms with E-state index in [1.807, 2.05) is 0 Å². The molecule has 7 nitrogen and oxygen atoms in total. The number of hydrogen-bond acceptors (Lipinski definition) is 7. The molecule has 0 radical (unpaired) electrons. The monoisotopic (exact) mass is 571 g/mol. The third-order valence-corrected chi connectivity index (χ3v) is 6.32. The van der Waals surface area contributed by atoms with Crippen LogP contribution in [-0.4, -0.2) is 42.3 Å². The van der Waals surface area contributed by atoms with Crippen molar-refractivity contribution < 1.29 is 33.0 Å². The zero-order valence-corrected chi connectivity index (χ0v) is 20.4. The Bertz CT molecular complexity index is 1110. The molecule has 1 fully saturated rings. The van der Waals surface area contributed by atoms with Crippen LogP contribution in [0.4, 0.5) is 9.18 Å². The highest BCUT2D eigenvalue weighted by Gasteiger charge is 2.41. The van der Waals surface area contributed by atoms with Crippen molar-refractivity contribution >= 4 is 57.5 Å². The summed E-state index contributed by atoms with van der Waals surface area (Å²) in [5.41, 5.74) is 1.00. The van der Waals surface area contributed by atoms with E-state index in [0.29, 0.717) is 26.2 Å². The Morgan fingerprint density at radius 3 is 2.62 bits per heavy atom. The van der Waals surface area contributed by atoms with Gasteiger partial charge in [0.05, 0.1) is 22.7 Å². The lowest BCUT2D eigenvalue weighted by atomic mass is 10.1. The van der Waals surface area contributed by atoms with Crippen LogP contribution in [0.3, 0.4) is 0 Å². The van der Waals surface area contributed by atoms with Crippen molar-refractivity contribution in [1.82, 2.24) is 4.90 Å². The molecule has 1 aliphatic rings. The number of carbonyl (C=O) groups is 3. The fraction of sp³-hybridized carbons (Fsp3) is 0.227. The van der Waals surface area contributed by atoms with Gasteiger partial charge < -0.3 is 14.2 Å². The molecule has 2 aromatic carbocycles. The Labute approximate surface area is 202 Å². The molecule has 2 aromatic rings. The fourth-order valence-electron chi connectivity index (χ4n) is 2.97. The van der Waals surface area contributed by atoms with Crippen molar-refractivity contribution in [1.29, 1.82) is 0 Å². The quantitative estimate of drug-likeness (QED) is 0.273. The van der Waals surface area contributed by atoms with E-state index < -0.39 is 23.2 Å². The van der Waals surface area contributed by atoms with Gasteiger partial charge in [-0.05, 0) is 71.1 Å². The maximum atomic E-state index is 13.9. The largest absolute Gasteiger partial charge is 0.493 e. The minimum Gasteiger partial charge on any atom is -0.493 e. The third kappa shape index (κ3) is 5.07.